The monoisotopic (exact) mass is 303 g/mol. The van der Waals surface area contributed by atoms with Crippen molar-refractivity contribution in [2.75, 3.05) is 14.1 Å². The molecule has 0 spiro atoms. The molecule has 0 bridgehead atoms. The first-order valence-electron chi connectivity index (χ1n) is 6.76. The van der Waals surface area contributed by atoms with Crippen molar-refractivity contribution in [3.8, 4) is 0 Å². The predicted octanol–water partition coefficient (Wildman–Crippen LogP) is 2.46. The number of hydrogen-bond acceptors (Lipinski definition) is 5. The Labute approximate surface area is 130 Å². The second-order valence-corrected chi connectivity index (χ2v) is 5.04. The summed E-state index contributed by atoms with van der Waals surface area (Å²) in [7, 11) is 3.61. The molecule has 0 N–H and O–H groups in total. The van der Waals surface area contributed by atoms with Gasteiger partial charge in [0.2, 0.25) is 0 Å². The standard InChI is InChI=1S/C17H21NO4/c1-6-14(19)21-17(3,22-15(20)7-2)16(18(4)5)13-11-9-8-10-12-13/h6-12,16H,1-2H2,3-5H3. The highest BCUT2D eigenvalue weighted by molar-refractivity contribution is 5.83. The molecule has 0 saturated heterocycles. The fraction of sp³-hybridized carbons (Fsp3) is 0.294. The fourth-order valence-corrected chi connectivity index (χ4v) is 2.32. The van der Waals surface area contributed by atoms with Gasteiger partial charge in [-0.25, -0.2) is 9.59 Å². The van der Waals surface area contributed by atoms with E-state index in [1.54, 1.807) is 14.1 Å². The van der Waals surface area contributed by atoms with Crippen LogP contribution in [0.1, 0.15) is 18.5 Å². The normalized spacial score (nSPS) is 12.4. The lowest BCUT2D eigenvalue weighted by molar-refractivity contribution is -0.236. The molecule has 0 fully saturated rings. The van der Waals surface area contributed by atoms with Crippen LogP contribution in [-0.4, -0.2) is 36.7 Å². The first-order valence-corrected chi connectivity index (χ1v) is 6.76. The number of ether oxygens (including phenoxy) is 2. The molecule has 0 aliphatic heterocycles. The van der Waals surface area contributed by atoms with Crippen LogP contribution in [-0.2, 0) is 19.1 Å². The number of esters is 2. The Hall–Kier alpha value is -2.40. The van der Waals surface area contributed by atoms with Crippen molar-refractivity contribution in [3.05, 3.63) is 61.2 Å². The average molecular weight is 303 g/mol. The number of carbonyl (C=O) groups is 2. The second kappa shape index (κ2) is 7.56. The minimum absolute atomic E-state index is 0.499. The summed E-state index contributed by atoms with van der Waals surface area (Å²) in [6, 6.07) is 8.83. The van der Waals surface area contributed by atoms with Crippen LogP contribution >= 0.6 is 0 Å². The van der Waals surface area contributed by atoms with Crippen molar-refractivity contribution in [2.45, 2.75) is 18.8 Å². The van der Waals surface area contributed by atoms with Gasteiger partial charge in [0.05, 0.1) is 0 Å². The highest BCUT2D eigenvalue weighted by Crippen LogP contribution is 2.34. The van der Waals surface area contributed by atoms with Crippen molar-refractivity contribution in [2.24, 2.45) is 0 Å². The Bertz CT molecular complexity index is 529. The Morgan fingerprint density at radius 1 is 1.09 bits per heavy atom. The Balaban J connectivity index is 3.30. The predicted molar refractivity (Wildman–Crippen MR) is 83.9 cm³/mol. The van der Waals surface area contributed by atoms with Gasteiger partial charge in [-0.3, -0.25) is 4.90 Å². The molecular weight excluding hydrogens is 282 g/mol. The van der Waals surface area contributed by atoms with E-state index in [0.29, 0.717) is 0 Å². The zero-order valence-electron chi connectivity index (χ0n) is 13.1. The zero-order valence-corrected chi connectivity index (χ0v) is 13.1. The summed E-state index contributed by atoms with van der Waals surface area (Å²) in [6.45, 7) is 8.28. The van der Waals surface area contributed by atoms with Gasteiger partial charge in [0.1, 0.15) is 6.04 Å². The lowest BCUT2D eigenvalue weighted by Gasteiger charge is -2.39. The molecule has 5 heteroatoms. The zero-order chi connectivity index (χ0) is 16.8. The molecule has 0 amide bonds. The third kappa shape index (κ3) is 4.30. The summed E-state index contributed by atoms with van der Waals surface area (Å²) >= 11 is 0. The third-order valence-corrected chi connectivity index (χ3v) is 3.07. The van der Waals surface area contributed by atoms with Crippen molar-refractivity contribution >= 4 is 11.9 Å². The number of rotatable bonds is 7. The maximum atomic E-state index is 11.7. The van der Waals surface area contributed by atoms with Crippen LogP contribution in [0.2, 0.25) is 0 Å². The topological polar surface area (TPSA) is 55.8 Å². The van der Waals surface area contributed by atoms with E-state index in [4.69, 9.17) is 9.47 Å². The quantitative estimate of drug-likeness (QED) is 0.440. The summed E-state index contributed by atoms with van der Waals surface area (Å²) in [5.74, 6) is -2.88. The number of benzene rings is 1. The molecule has 1 aromatic rings. The largest absolute Gasteiger partial charge is 0.417 e. The molecule has 0 radical (unpaired) electrons. The van der Waals surface area contributed by atoms with Crippen LogP contribution in [0.4, 0.5) is 0 Å². The lowest BCUT2D eigenvalue weighted by atomic mass is 9.98. The fourth-order valence-electron chi connectivity index (χ4n) is 2.32. The summed E-state index contributed by atoms with van der Waals surface area (Å²) in [5.41, 5.74) is 0.837. The van der Waals surface area contributed by atoms with Crippen molar-refractivity contribution < 1.29 is 19.1 Å². The van der Waals surface area contributed by atoms with Gasteiger partial charge in [0.15, 0.2) is 0 Å². The van der Waals surface area contributed by atoms with Gasteiger partial charge in [0, 0.05) is 19.1 Å². The minimum atomic E-state index is -1.53. The van der Waals surface area contributed by atoms with E-state index in [2.05, 4.69) is 13.2 Å². The van der Waals surface area contributed by atoms with Gasteiger partial charge in [0.25, 0.3) is 5.79 Å². The number of nitrogens with zero attached hydrogens (tertiary/aromatic N) is 1. The first kappa shape index (κ1) is 17.7. The van der Waals surface area contributed by atoms with Gasteiger partial charge in [-0.05, 0) is 19.7 Å². The van der Waals surface area contributed by atoms with E-state index in [1.165, 1.54) is 6.92 Å². The molecule has 0 aliphatic carbocycles. The van der Waals surface area contributed by atoms with E-state index in [-0.39, 0.29) is 0 Å². The maximum Gasteiger partial charge on any atom is 0.333 e. The molecule has 1 atom stereocenters. The van der Waals surface area contributed by atoms with E-state index < -0.39 is 23.8 Å². The summed E-state index contributed by atoms with van der Waals surface area (Å²) in [4.78, 5) is 25.2. The highest BCUT2D eigenvalue weighted by atomic mass is 16.7. The molecule has 0 aliphatic rings. The molecule has 22 heavy (non-hydrogen) atoms. The lowest BCUT2D eigenvalue weighted by Crippen LogP contribution is -2.47. The van der Waals surface area contributed by atoms with Crippen molar-refractivity contribution in [1.29, 1.82) is 0 Å². The third-order valence-electron chi connectivity index (χ3n) is 3.07. The summed E-state index contributed by atoms with van der Waals surface area (Å²) in [6.07, 6.45) is 2.05. The number of likely N-dealkylation sites (N-methyl/N-ethyl adjacent to an activating group) is 1. The van der Waals surface area contributed by atoms with Gasteiger partial charge in [-0.2, -0.15) is 0 Å². The average Bonchev–Trinajstić information content (AvgIpc) is 2.47. The molecule has 5 nitrogen and oxygen atoms in total. The van der Waals surface area contributed by atoms with Crippen molar-refractivity contribution in [3.63, 3.8) is 0 Å². The maximum absolute atomic E-state index is 11.7. The van der Waals surface area contributed by atoms with Crippen LogP contribution < -0.4 is 0 Å². The van der Waals surface area contributed by atoms with Gasteiger partial charge in [-0.15, -0.1) is 0 Å². The van der Waals surface area contributed by atoms with E-state index >= 15 is 0 Å². The van der Waals surface area contributed by atoms with Crippen LogP contribution in [0.3, 0.4) is 0 Å². The van der Waals surface area contributed by atoms with E-state index in [1.807, 2.05) is 35.2 Å². The minimum Gasteiger partial charge on any atom is -0.417 e. The Morgan fingerprint density at radius 3 is 1.91 bits per heavy atom. The van der Waals surface area contributed by atoms with Crippen LogP contribution in [0.25, 0.3) is 0 Å². The number of carbonyl (C=O) groups excluding carboxylic acids is 2. The molecule has 118 valence electrons. The highest BCUT2D eigenvalue weighted by Gasteiger charge is 2.43. The molecule has 1 aromatic carbocycles. The van der Waals surface area contributed by atoms with Gasteiger partial charge < -0.3 is 9.47 Å². The summed E-state index contributed by atoms with van der Waals surface area (Å²) < 4.78 is 10.7. The van der Waals surface area contributed by atoms with Crippen molar-refractivity contribution in [1.82, 2.24) is 4.90 Å². The Kier molecular flexibility index (Phi) is 6.07. The second-order valence-electron chi connectivity index (χ2n) is 5.04. The van der Waals surface area contributed by atoms with E-state index in [9.17, 15) is 9.59 Å². The van der Waals surface area contributed by atoms with Crippen LogP contribution in [0.15, 0.2) is 55.6 Å². The SMILES string of the molecule is C=CC(=O)OC(C)(OC(=O)C=C)C(c1ccccc1)N(C)C. The van der Waals surface area contributed by atoms with Gasteiger partial charge in [-0.1, -0.05) is 43.5 Å². The first-order chi connectivity index (χ1) is 10.3. The smallest absolute Gasteiger partial charge is 0.333 e. The summed E-state index contributed by atoms with van der Waals surface area (Å²) in [5, 5.41) is 0. The van der Waals surface area contributed by atoms with Gasteiger partial charge >= 0.3 is 11.9 Å². The van der Waals surface area contributed by atoms with Crippen LogP contribution in [0.5, 0.6) is 0 Å². The molecule has 1 rings (SSSR count). The Morgan fingerprint density at radius 2 is 1.55 bits per heavy atom. The van der Waals surface area contributed by atoms with Crippen LogP contribution in [0, 0.1) is 0 Å². The molecule has 0 saturated carbocycles. The molecule has 0 aromatic heterocycles. The molecule has 0 heterocycles. The number of hydrogen-bond donors (Lipinski definition) is 0. The molecular formula is C17H21NO4. The van der Waals surface area contributed by atoms with E-state index in [0.717, 1.165) is 17.7 Å². The molecule has 1 unspecified atom stereocenters.